The molecule has 0 amide bonds. The Morgan fingerprint density at radius 3 is 2.62 bits per heavy atom. The SMILES string of the molecule is COC(C)(C)Cn1cncc1C(N)C(C)C. The average Bonchev–Trinajstić information content (AvgIpc) is 2.64. The van der Waals surface area contributed by atoms with Crippen molar-refractivity contribution in [1.82, 2.24) is 9.55 Å². The summed E-state index contributed by atoms with van der Waals surface area (Å²) in [6.07, 6.45) is 3.66. The number of aromatic nitrogens is 2. The smallest absolute Gasteiger partial charge is 0.0949 e. The number of ether oxygens (including phenoxy) is 1. The van der Waals surface area contributed by atoms with Gasteiger partial charge in [0, 0.05) is 19.3 Å². The molecule has 1 atom stereocenters. The first kappa shape index (κ1) is 13.2. The quantitative estimate of drug-likeness (QED) is 0.833. The first-order valence-electron chi connectivity index (χ1n) is 5.68. The molecule has 0 aromatic carbocycles. The lowest BCUT2D eigenvalue weighted by molar-refractivity contribution is 0.00726. The Bertz CT molecular complexity index is 331. The van der Waals surface area contributed by atoms with Crippen molar-refractivity contribution in [3.8, 4) is 0 Å². The van der Waals surface area contributed by atoms with Gasteiger partial charge in [0.2, 0.25) is 0 Å². The first-order chi connectivity index (χ1) is 7.37. The molecule has 0 aliphatic rings. The van der Waals surface area contributed by atoms with Gasteiger partial charge >= 0.3 is 0 Å². The number of hydrogen-bond donors (Lipinski definition) is 1. The fourth-order valence-electron chi connectivity index (χ4n) is 1.56. The largest absolute Gasteiger partial charge is 0.377 e. The molecule has 1 heterocycles. The van der Waals surface area contributed by atoms with Gasteiger partial charge in [-0.15, -0.1) is 0 Å². The summed E-state index contributed by atoms with van der Waals surface area (Å²) in [6, 6.07) is 0.0233. The van der Waals surface area contributed by atoms with Crippen LogP contribution in [0.2, 0.25) is 0 Å². The van der Waals surface area contributed by atoms with Crippen LogP contribution in [0.3, 0.4) is 0 Å². The van der Waals surface area contributed by atoms with E-state index < -0.39 is 0 Å². The zero-order valence-corrected chi connectivity index (χ0v) is 10.9. The van der Waals surface area contributed by atoms with Crippen molar-refractivity contribution in [3.05, 3.63) is 18.2 Å². The predicted octanol–water partition coefficient (Wildman–Crippen LogP) is 1.96. The van der Waals surface area contributed by atoms with Gasteiger partial charge in [-0.3, -0.25) is 0 Å². The van der Waals surface area contributed by atoms with Gasteiger partial charge < -0.3 is 15.0 Å². The summed E-state index contributed by atoms with van der Waals surface area (Å²) in [6.45, 7) is 9.10. The normalized spacial score (nSPS) is 14.4. The molecule has 1 rings (SSSR count). The molecule has 1 aromatic rings. The van der Waals surface area contributed by atoms with E-state index in [2.05, 4.69) is 37.2 Å². The van der Waals surface area contributed by atoms with Crippen LogP contribution < -0.4 is 5.73 Å². The van der Waals surface area contributed by atoms with Gasteiger partial charge in [0.1, 0.15) is 0 Å². The van der Waals surface area contributed by atoms with E-state index in [4.69, 9.17) is 10.5 Å². The summed E-state index contributed by atoms with van der Waals surface area (Å²) in [5.41, 5.74) is 7.01. The van der Waals surface area contributed by atoms with Crippen molar-refractivity contribution in [1.29, 1.82) is 0 Å². The Balaban J connectivity index is 2.86. The highest BCUT2D eigenvalue weighted by Gasteiger charge is 2.21. The van der Waals surface area contributed by atoms with E-state index in [1.807, 2.05) is 12.5 Å². The number of nitrogens with zero attached hydrogens (tertiary/aromatic N) is 2. The van der Waals surface area contributed by atoms with Gasteiger partial charge in [0.15, 0.2) is 0 Å². The molecule has 16 heavy (non-hydrogen) atoms. The summed E-state index contributed by atoms with van der Waals surface area (Å²) in [7, 11) is 1.72. The molecule has 0 radical (unpaired) electrons. The molecule has 92 valence electrons. The van der Waals surface area contributed by atoms with E-state index in [1.54, 1.807) is 7.11 Å². The molecule has 4 nitrogen and oxygen atoms in total. The van der Waals surface area contributed by atoms with Crippen molar-refractivity contribution in [2.24, 2.45) is 11.7 Å². The van der Waals surface area contributed by atoms with E-state index in [0.29, 0.717) is 5.92 Å². The molecule has 0 saturated heterocycles. The highest BCUT2D eigenvalue weighted by Crippen LogP contribution is 2.21. The van der Waals surface area contributed by atoms with Crippen LogP contribution in [-0.2, 0) is 11.3 Å². The van der Waals surface area contributed by atoms with Gasteiger partial charge in [0.25, 0.3) is 0 Å². The van der Waals surface area contributed by atoms with Crippen molar-refractivity contribution in [2.75, 3.05) is 7.11 Å². The van der Waals surface area contributed by atoms with Crippen molar-refractivity contribution >= 4 is 0 Å². The first-order valence-corrected chi connectivity index (χ1v) is 5.68. The summed E-state index contributed by atoms with van der Waals surface area (Å²) in [4.78, 5) is 4.17. The van der Waals surface area contributed by atoms with Crippen LogP contribution in [0.1, 0.15) is 39.4 Å². The highest BCUT2D eigenvalue weighted by molar-refractivity contribution is 5.06. The van der Waals surface area contributed by atoms with Crippen molar-refractivity contribution < 1.29 is 4.74 Å². The van der Waals surface area contributed by atoms with E-state index in [9.17, 15) is 0 Å². The van der Waals surface area contributed by atoms with Gasteiger partial charge in [-0.05, 0) is 19.8 Å². The van der Waals surface area contributed by atoms with Crippen LogP contribution in [0.25, 0.3) is 0 Å². The molecule has 0 bridgehead atoms. The molecule has 1 aromatic heterocycles. The molecule has 0 fully saturated rings. The maximum Gasteiger partial charge on any atom is 0.0949 e. The minimum absolute atomic E-state index is 0.0233. The van der Waals surface area contributed by atoms with E-state index in [1.165, 1.54) is 0 Å². The lowest BCUT2D eigenvalue weighted by Crippen LogP contribution is -2.31. The Morgan fingerprint density at radius 1 is 1.50 bits per heavy atom. The predicted molar refractivity (Wildman–Crippen MR) is 65.1 cm³/mol. The third kappa shape index (κ3) is 3.06. The minimum Gasteiger partial charge on any atom is -0.377 e. The van der Waals surface area contributed by atoms with E-state index in [-0.39, 0.29) is 11.6 Å². The maximum atomic E-state index is 6.14. The highest BCUT2D eigenvalue weighted by atomic mass is 16.5. The van der Waals surface area contributed by atoms with Crippen LogP contribution >= 0.6 is 0 Å². The van der Waals surface area contributed by atoms with Gasteiger partial charge in [0.05, 0.1) is 24.2 Å². The maximum absolute atomic E-state index is 6.14. The Labute approximate surface area is 97.8 Å². The molecule has 0 aliphatic heterocycles. The Kier molecular flexibility index (Phi) is 4.10. The number of methoxy groups -OCH3 is 1. The third-order valence-corrected chi connectivity index (χ3v) is 2.91. The standard InChI is InChI=1S/C12H23N3O/c1-9(2)11(13)10-6-14-8-15(10)7-12(3,4)16-5/h6,8-9,11H,7,13H2,1-5H3. The second kappa shape index (κ2) is 4.97. The summed E-state index contributed by atoms with van der Waals surface area (Å²) >= 11 is 0. The topological polar surface area (TPSA) is 53.1 Å². The van der Waals surface area contributed by atoms with Crippen LogP contribution in [0.5, 0.6) is 0 Å². The second-order valence-electron chi connectivity index (χ2n) is 5.18. The van der Waals surface area contributed by atoms with Gasteiger partial charge in [-0.2, -0.15) is 0 Å². The zero-order chi connectivity index (χ0) is 12.3. The number of hydrogen-bond acceptors (Lipinski definition) is 3. The summed E-state index contributed by atoms with van der Waals surface area (Å²) in [5, 5.41) is 0. The van der Waals surface area contributed by atoms with Gasteiger partial charge in [-0.1, -0.05) is 13.8 Å². The summed E-state index contributed by atoms with van der Waals surface area (Å²) in [5.74, 6) is 0.404. The van der Waals surface area contributed by atoms with Crippen LogP contribution in [-0.4, -0.2) is 22.3 Å². The zero-order valence-electron chi connectivity index (χ0n) is 10.9. The lowest BCUT2D eigenvalue weighted by Gasteiger charge is -2.26. The molecule has 0 aliphatic carbocycles. The number of imidazole rings is 1. The summed E-state index contributed by atoms with van der Waals surface area (Å²) < 4.78 is 7.49. The second-order valence-corrected chi connectivity index (χ2v) is 5.18. The number of nitrogens with two attached hydrogens (primary N) is 1. The van der Waals surface area contributed by atoms with E-state index >= 15 is 0 Å². The molecule has 1 unspecified atom stereocenters. The van der Waals surface area contributed by atoms with E-state index in [0.717, 1.165) is 12.2 Å². The third-order valence-electron chi connectivity index (χ3n) is 2.91. The van der Waals surface area contributed by atoms with Crippen molar-refractivity contribution in [3.63, 3.8) is 0 Å². The van der Waals surface area contributed by atoms with Gasteiger partial charge in [-0.25, -0.2) is 4.98 Å². The van der Waals surface area contributed by atoms with Crippen LogP contribution in [0, 0.1) is 5.92 Å². The lowest BCUT2D eigenvalue weighted by atomic mass is 10.0. The average molecular weight is 225 g/mol. The molecular weight excluding hydrogens is 202 g/mol. The molecular formula is C12H23N3O. The molecule has 0 saturated carbocycles. The fraction of sp³-hybridized carbons (Fsp3) is 0.750. The monoisotopic (exact) mass is 225 g/mol. The minimum atomic E-state index is -0.202. The molecule has 0 spiro atoms. The Hall–Kier alpha value is -0.870. The Morgan fingerprint density at radius 2 is 2.12 bits per heavy atom. The van der Waals surface area contributed by atoms with Crippen LogP contribution in [0.15, 0.2) is 12.5 Å². The molecule has 4 heteroatoms. The number of rotatable bonds is 5. The fourth-order valence-corrected chi connectivity index (χ4v) is 1.56. The van der Waals surface area contributed by atoms with Crippen LogP contribution in [0.4, 0.5) is 0 Å². The molecule has 2 N–H and O–H groups in total. The van der Waals surface area contributed by atoms with Crippen molar-refractivity contribution in [2.45, 2.75) is 45.9 Å².